The average Bonchev–Trinajstić information content (AvgIpc) is 2.96. The maximum atomic E-state index is 12.6. The first-order valence-electron chi connectivity index (χ1n) is 13.0. The molecule has 7 nitrogen and oxygen atoms in total. The van der Waals surface area contributed by atoms with E-state index in [4.69, 9.17) is 19.2 Å². The predicted molar refractivity (Wildman–Crippen MR) is 150 cm³/mol. The van der Waals surface area contributed by atoms with Crippen molar-refractivity contribution in [2.24, 2.45) is 5.92 Å². The van der Waals surface area contributed by atoms with E-state index in [1.807, 2.05) is 18.2 Å². The fraction of sp³-hybridized carbons (Fsp3) is 0.290. The molecule has 7 heteroatoms. The summed E-state index contributed by atoms with van der Waals surface area (Å²) < 4.78 is 16.5. The van der Waals surface area contributed by atoms with Gasteiger partial charge in [0.25, 0.3) is 5.91 Å². The number of pyridine rings is 1. The number of para-hydroxylation sites is 1. The van der Waals surface area contributed by atoms with E-state index in [0.29, 0.717) is 28.9 Å². The van der Waals surface area contributed by atoms with Crippen molar-refractivity contribution >= 4 is 28.3 Å². The number of piperidine rings is 1. The molecule has 2 heterocycles. The molecule has 1 fully saturated rings. The van der Waals surface area contributed by atoms with Gasteiger partial charge in [-0.2, -0.15) is 0 Å². The van der Waals surface area contributed by atoms with E-state index in [-0.39, 0.29) is 12.5 Å². The molecule has 38 heavy (non-hydrogen) atoms. The minimum atomic E-state index is -0.272. The monoisotopic (exact) mass is 511 g/mol. The summed E-state index contributed by atoms with van der Waals surface area (Å²) in [7, 11) is 3.13. The minimum Gasteiger partial charge on any atom is -0.493 e. The van der Waals surface area contributed by atoms with Gasteiger partial charge in [0.15, 0.2) is 18.1 Å². The number of carbonyl (C=O) groups is 1. The van der Waals surface area contributed by atoms with Crippen molar-refractivity contribution < 1.29 is 19.0 Å². The van der Waals surface area contributed by atoms with Gasteiger partial charge in [-0.25, -0.2) is 4.98 Å². The number of ether oxygens (including phenoxy) is 3. The van der Waals surface area contributed by atoms with Crippen molar-refractivity contribution in [3.8, 4) is 17.2 Å². The van der Waals surface area contributed by atoms with Crippen LogP contribution in [-0.2, 0) is 11.2 Å². The van der Waals surface area contributed by atoms with Crippen LogP contribution in [0.2, 0.25) is 0 Å². The molecule has 196 valence electrons. The molecule has 0 spiro atoms. The molecule has 5 rings (SSSR count). The van der Waals surface area contributed by atoms with Crippen molar-refractivity contribution in [2.45, 2.75) is 19.3 Å². The van der Waals surface area contributed by atoms with Crippen LogP contribution in [0.4, 0.5) is 11.5 Å². The van der Waals surface area contributed by atoms with Crippen molar-refractivity contribution in [3.05, 3.63) is 84.4 Å². The molecule has 0 atom stereocenters. The highest BCUT2D eigenvalue weighted by atomic mass is 16.5. The Bertz CT molecular complexity index is 1380. The Morgan fingerprint density at radius 1 is 0.895 bits per heavy atom. The lowest BCUT2D eigenvalue weighted by Crippen LogP contribution is -2.34. The number of rotatable bonds is 9. The van der Waals surface area contributed by atoms with E-state index >= 15 is 0 Å². The normalized spacial score (nSPS) is 13.8. The fourth-order valence-electron chi connectivity index (χ4n) is 4.97. The van der Waals surface area contributed by atoms with Crippen LogP contribution in [0, 0.1) is 5.92 Å². The largest absolute Gasteiger partial charge is 0.493 e. The first kappa shape index (κ1) is 25.4. The molecule has 1 saturated heterocycles. The van der Waals surface area contributed by atoms with Crippen LogP contribution in [0.1, 0.15) is 18.4 Å². The van der Waals surface area contributed by atoms with E-state index in [2.05, 4.69) is 52.7 Å². The number of nitrogens with zero attached hydrogens (tertiary/aromatic N) is 2. The zero-order valence-corrected chi connectivity index (χ0v) is 21.9. The number of nitrogens with one attached hydrogen (secondary N) is 1. The average molecular weight is 512 g/mol. The molecule has 1 aromatic heterocycles. The summed E-state index contributed by atoms with van der Waals surface area (Å²) in [6.45, 7) is 1.82. The third kappa shape index (κ3) is 5.99. The number of hydrogen-bond acceptors (Lipinski definition) is 6. The van der Waals surface area contributed by atoms with Crippen LogP contribution in [0.15, 0.2) is 78.9 Å². The smallest absolute Gasteiger partial charge is 0.262 e. The van der Waals surface area contributed by atoms with Gasteiger partial charge in [-0.05, 0) is 61.1 Å². The van der Waals surface area contributed by atoms with Crippen LogP contribution in [0.3, 0.4) is 0 Å². The van der Waals surface area contributed by atoms with E-state index in [1.165, 1.54) is 5.56 Å². The van der Waals surface area contributed by atoms with E-state index in [9.17, 15) is 4.79 Å². The summed E-state index contributed by atoms with van der Waals surface area (Å²) in [5.41, 5.74) is 2.77. The zero-order chi connectivity index (χ0) is 26.3. The van der Waals surface area contributed by atoms with Gasteiger partial charge in [0.05, 0.1) is 14.2 Å². The molecule has 0 unspecified atom stereocenters. The molecule has 1 N–H and O–H groups in total. The molecular formula is C31H33N3O4. The number of anilines is 2. The molecular weight excluding hydrogens is 478 g/mol. The predicted octanol–water partition coefficient (Wildman–Crippen LogP) is 5.73. The minimum absolute atomic E-state index is 0.135. The SMILES string of the molecule is COc1ccc(NC(=O)COc2cccc3ccc(N4CCC(Cc5ccccc5)CC4)nc23)cc1OC. The molecule has 0 radical (unpaired) electrons. The second kappa shape index (κ2) is 11.9. The number of hydrogen-bond donors (Lipinski definition) is 1. The zero-order valence-electron chi connectivity index (χ0n) is 21.9. The number of aromatic nitrogens is 1. The molecule has 1 amide bonds. The molecule has 1 aliphatic rings. The quantitative estimate of drug-likeness (QED) is 0.310. The van der Waals surface area contributed by atoms with Crippen LogP contribution in [0.25, 0.3) is 10.9 Å². The number of methoxy groups -OCH3 is 2. The lowest BCUT2D eigenvalue weighted by Gasteiger charge is -2.33. The number of amides is 1. The highest BCUT2D eigenvalue weighted by Crippen LogP contribution is 2.31. The Hall–Kier alpha value is -4.26. The van der Waals surface area contributed by atoms with Crippen LogP contribution < -0.4 is 24.4 Å². The topological polar surface area (TPSA) is 72.9 Å². The summed E-state index contributed by atoms with van der Waals surface area (Å²) >= 11 is 0. The molecule has 3 aromatic carbocycles. The second-order valence-corrected chi connectivity index (χ2v) is 9.52. The maximum absolute atomic E-state index is 12.6. The summed E-state index contributed by atoms with van der Waals surface area (Å²) in [4.78, 5) is 19.9. The number of carbonyl (C=O) groups excluding carboxylic acids is 1. The van der Waals surface area contributed by atoms with Crippen molar-refractivity contribution in [2.75, 3.05) is 44.1 Å². The Kier molecular flexibility index (Phi) is 7.92. The van der Waals surface area contributed by atoms with Gasteiger partial charge in [-0.1, -0.05) is 42.5 Å². The Morgan fingerprint density at radius 3 is 2.45 bits per heavy atom. The van der Waals surface area contributed by atoms with Crippen LogP contribution in [0.5, 0.6) is 17.2 Å². The molecule has 0 bridgehead atoms. The van der Waals surface area contributed by atoms with Gasteiger partial charge in [0.1, 0.15) is 17.1 Å². The van der Waals surface area contributed by atoms with Crippen molar-refractivity contribution in [1.82, 2.24) is 4.98 Å². The maximum Gasteiger partial charge on any atom is 0.262 e. The summed E-state index contributed by atoms with van der Waals surface area (Å²) in [6, 6.07) is 25.9. The molecule has 4 aromatic rings. The van der Waals surface area contributed by atoms with E-state index in [1.54, 1.807) is 32.4 Å². The summed E-state index contributed by atoms with van der Waals surface area (Å²) in [6.07, 6.45) is 3.41. The van der Waals surface area contributed by atoms with Gasteiger partial charge in [0.2, 0.25) is 0 Å². The highest BCUT2D eigenvalue weighted by Gasteiger charge is 2.21. The van der Waals surface area contributed by atoms with Gasteiger partial charge < -0.3 is 24.4 Å². The first-order valence-corrected chi connectivity index (χ1v) is 13.0. The fourth-order valence-corrected chi connectivity index (χ4v) is 4.97. The van der Waals surface area contributed by atoms with Crippen molar-refractivity contribution in [3.63, 3.8) is 0 Å². The Labute approximate surface area is 223 Å². The Balaban J connectivity index is 1.22. The standard InChI is InChI=1S/C31H33N3O4/c1-36-26-13-12-25(20-28(26)37-2)32-30(35)21-38-27-10-6-9-24-11-14-29(33-31(24)27)34-17-15-23(16-18-34)19-22-7-4-3-5-8-22/h3-14,20,23H,15-19,21H2,1-2H3,(H,32,35). The first-order chi connectivity index (χ1) is 18.6. The Morgan fingerprint density at radius 2 is 1.68 bits per heavy atom. The lowest BCUT2D eigenvalue weighted by atomic mass is 9.90. The van der Waals surface area contributed by atoms with Crippen LogP contribution in [-0.4, -0.2) is 44.8 Å². The second-order valence-electron chi connectivity index (χ2n) is 9.52. The third-order valence-electron chi connectivity index (χ3n) is 7.00. The number of fused-ring (bicyclic) bond motifs is 1. The van der Waals surface area contributed by atoms with E-state index in [0.717, 1.165) is 49.1 Å². The summed E-state index contributed by atoms with van der Waals surface area (Å²) in [5.74, 6) is 3.09. The van der Waals surface area contributed by atoms with Crippen molar-refractivity contribution in [1.29, 1.82) is 0 Å². The highest BCUT2D eigenvalue weighted by molar-refractivity contribution is 5.93. The van der Waals surface area contributed by atoms with E-state index < -0.39 is 0 Å². The molecule has 0 aliphatic carbocycles. The van der Waals surface area contributed by atoms with Crippen LogP contribution >= 0.6 is 0 Å². The number of benzene rings is 3. The van der Waals surface area contributed by atoms with Gasteiger partial charge in [-0.15, -0.1) is 0 Å². The lowest BCUT2D eigenvalue weighted by molar-refractivity contribution is -0.118. The molecule has 0 saturated carbocycles. The van der Waals surface area contributed by atoms with Gasteiger partial charge >= 0.3 is 0 Å². The third-order valence-corrected chi connectivity index (χ3v) is 7.00. The summed E-state index contributed by atoms with van der Waals surface area (Å²) in [5, 5.41) is 3.82. The molecule has 1 aliphatic heterocycles. The van der Waals surface area contributed by atoms with Gasteiger partial charge in [0, 0.05) is 30.2 Å². The van der Waals surface area contributed by atoms with Gasteiger partial charge in [-0.3, -0.25) is 4.79 Å².